The molecule has 32 heavy (non-hydrogen) atoms. The van der Waals surface area contributed by atoms with Gasteiger partial charge in [-0.25, -0.2) is 31.1 Å². The first-order valence-corrected chi connectivity index (χ1v) is 12.7. The van der Waals surface area contributed by atoms with Gasteiger partial charge >= 0.3 is 5.76 Å². The third-order valence-corrected chi connectivity index (χ3v) is 8.14. The molecule has 2 aromatic heterocycles. The van der Waals surface area contributed by atoms with Crippen molar-refractivity contribution in [3.05, 3.63) is 44.7 Å². The Morgan fingerprint density at radius 2 is 1.91 bits per heavy atom. The Kier molecular flexibility index (Phi) is 5.29. The number of halogens is 2. The highest BCUT2D eigenvalue weighted by atomic mass is 79.9. The summed E-state index contributed by atoms with van der Waals surface area (Å²) in [4.78, 5) is 12.3. The lowest BCUT2D eigenvalue weighted by Crippen LogP contribution is -2.28. The van der Waals surface area contributed by atoms with Crippen molar-refractivity contribution in [1.29, 1.82) is 0 Å². The van der Waals surface area contributed by atoms with Crippen LogP contribution in [0.3, 0.4) is 0 Å². The van der Waals surface area contributed by atoms with Gasteiger partial charge in [0, 0.05) is 13.1 Å². The van der Waals surface area contributed by atoms with E-state index >= 15 is 0 Å². The molecule has 0 amide bonds. The summed E-state index contributed by atoms with van der Waals surface area (Å²) in [6, 6.07) is 4.10. The number of hydrogen-bond donors (Lipinski definition) is 0. The maximum absolute atomic E-state index is 13.6. The van der Waals surface area contributed by atoms with E-state index in [-0.39, 0.29) is 21.9 Å². The number of sulfonamides is 1. The molecule has 0 N–H and O–H groups in total. The van der Waals surface area contributed by atoms with E-state index in [4.69, 9.17) is 9.15 Å². The van der Waals surface area contributed by atoms with Gasteiger partial charge in [-0.2, -0.15) is 0 Å². The first-order valence-electron chi connectivity index (χ1n) is 10.0. The maximum atomic E-state index is 13.6. The van der Waals surface area contributed by atoms with E-state index in [1.807, 2.05) is 0 Å². The smallest absolute Gasteiger partial charge is 0.295 e. The van der Waals surface area contributed by atoms with Crippen LogP contribution in [0.25, 0.3) is 17.2 Å². The predicted molar refractivity (Wildman–Crippen MR) is 113 cm³/mol. The Morgan fingerprint density at radius 1 is 1.19 bits per heavy atom. The summed E-state index contributed by atoms with van der Waals surface area (Å²) in [5.41, 5.74) is 1.18. The Hall–Kier alpha value is -2.38. The number of rotatable bonds is 5. The highest BCUT2D eigenvalue weighted by Gasteiger charge is 2.43. The van der Waals surface area contributed by atoms with Gasteiger partial charge in [0.1, 0.15) is 11.5 Å². The molecule has 0 spiro atoms. The van der Waals surface area contributed by atoms with E-state index in [9.17, 15) is 17.6 Å². The third-order valence-electron chi connectivity index (χ3n) is 6.30. The van der Waals surface area contributed by atoms with Gasteiger partial charge in [-0.15, -0.1) is 0 Å². The molecule has 1 aliphatic heterocycles. The highest BCUT2D eigenvalue weighted by molar-refractivity contribution is 9.10. The summed E-state index contributed by atoms with van der Waals surface area (Å²) < 4.78 is 50.0. The first-order chi connectivity index (χ1) is 15.2. The molecular weight excluding hydrogens is 509 g/mol. The van der Waals surface area contributed by atoms with Gasteiger partial charge in [0.25, 0.3) is 0 Å². The molecule has 3 aromatic rings. The van der Waals surface area contributed by atoms with Crippen molar-refractivity contribution in [3.8, 4) is 17.2 Å². The minimum Gasteiger partial charge on any atom is -0.295 e. The van der Waals surface area contributed by atoms with Crippen molar-refractivity contribution in [2.24, 2.45) is 17.8 Å². The summed E-state index contributed by atoms with van der Waals surface area (Å²) in [5.74, 6) is -0.177. The van der Waals surface area contributed by atoms with E-state index in [0.717, 1.165) is 12.8 Å². The van der Waals surface area contributed by atoms with Crippen LogP contribution in [0.15, 0.2) is 36.6 Å². The number of fused-ring (bicyclic) bond motifs is 1. The molecule has 0 radical (unpaired) electrons. The number of nitrogens with zero attached hydrogens (tertiary/aromatic N) is 5. The van der Waals surface area contributed by atoms with Gasteiger partial charge in [-0.3, -0.25) is 4.52 Å². The van der Waals surface area contributed by atoms with E-state index in [0.29, 0.717) is 42.7 Å². The number of hydrogen-bond acceptors (Lipinski definition) is 8. The summed E-state index contributed by atoms with van der Waals surface area (Å²) in [7, 11) is -3.17. The molecule has 2 unspecified atom stereocenters. The molecule has 3 heterocycles. The largest absolute Gasteiger partial charge is 0.446 e. The summed E-state index contributed by atoms with van der Waals surface area (Å²) in [5, 5.41) is 11.8. The summed E-state index contributed by atoms with van der Waals surface area (Å²) >= 11 is 3.11. The molecule has 5 rings (SSSR count). The highest BCUT2D eigenvalue weighted by Crippen LogP contribution is 2.43. The van der Waals surface area contributed by atoms with E-state index in [1.165, 1.54) is 29.0 Å². The van der Waals surface area contributed by atoms with Crippen LogP contribution in [0, 0.1) is 23.6 Å². The second kappa shape index (κ2) is 7.89. The van der Waals surface area contributed by atoms with Crippen LogP contribution in [0.2, 0.25) is 0 Å². The SMILES string of the molecule is CS(=O)(=O)N1CC2CC(Cc3nonc3-c3noc(=O)n3-c3ccc(F)c(Br)c3)CC2C1. The van der Waals surface area contributed by atoms with Crippen LogP contribution >= 0.6 is 15.9 Å². The molecule has 170 valence electrons. The van der Waals surface area contributed by atoms with Crippen molar-refractivity contribution in [1.82, 2.24) is 24.3 Å². The van der Waals surface area contributed by atoms with Crippen molar-refractivity contribution in [2.45, 2.75) is 19.3 Å². The Labute approximate surface area is 190 Å². The Balaban J connectivity index is 1.38. The minimum absolute atomic E-state index is 0.117. The van der Waals surface area contributed by atoms with Gasteiger partial charge in [-0.1, -0.05) is 10.3 Å². The standard InChI is InChI=1S/C19H19BrFN5O5S/c1-32(28,29)25-8-11-4-10(5-12(11)9-25)6-16-17(23-31-22-16)18-24-30-19(27)26(18)13-2-3-15(21)14(20)7-13/h2-3,7,10-12H,4-6,8-9H2,1H3. The normalized spacial score (nSPS) is 23.7. The van der Waals surface area contributed by atoms with Gasteiger partial charge in [-0.05, 0) is 76.3 Å². The van der Waals surface area contributed by atoms with Crippen LogP contribution in [0.4, 0.5) is 4.39 Å². The predicted octanol–water partition coefficient (Wildman–Crippen LogP) is 2.24. The summed E-state index contributed by atoms with van der Waals surface area (Å²) in [6.45, 7) is 1.10. The fourth-order valence-corrected chi connectivity index (χ4v) is 6.15. The summed E-state index contributed by atoms with van der Waals surface area (Å²) in [6.07, 6.45) is 3.55. The van der Waals surface area contributed by atoms with Crippen molar-refractivity contribution < 1.29 is 22.0 Å². The maximum Gasteiger partial charge on any atom is 0.446 e. The van der Waals surface area contributed by atoms with Crippen molar-refractivity contribution in [3.63, 3.8) is 0 Å². The molecular formula is C19H19BrFN5O5S. The Morgan fingerprint density at radius 3 is 2.56 bits per heavy atom. The van der Waals surface area contributed by atoms with Crippen LogP contribution in [0.5, 0.6) is 0 Å². The minimum atomic E-state index is -3.17. The van der Waals surface area contributed by atoms with Crippen LogP contribution in [0.1, 0.15) is 18.5 Å². The third kappa shape index (κ3) is 3.82. The van der Waals surface area contributed by atoms with Gasteiger partial charge in [0.2, 0.25) is 15.8 Å². The van der Waals surface area contributed by atoms with E-state index < -0.39 is 21.6 Å². The molecule has 1 saturated carbocycles. The molecule has 2 atom stereocenters. The molecule has 10 nitrogen and oxygen atoms in total. The lowest BCUT2D eigenvalue weighted by Gasteiger charge is -2.16. The van der Waals surface area contributed by atoms with E-state index in [2.05, 4.69) is 31.4 Å². The van der Waals surface area contributed by atoms with Crippen LogP contribution in [-0.2, 0) is 16.4 Å². The second-order valence-corrected chi connectivity index (χ2v) is 11.2. The molecule has 2 fully saturated rings. The van der Waals surface area contributed by atoms with Gasteiger partial charge in [0.15, 0.2) is 5.69 Å². The number of aromatic nitrogens is 4. The average Bonchev–Trinajstić information content (AvgIpc) is 3.47. The quantitative estimate of drug-likeness (QED) is 0.494. The van der Waals surface area contributed by atoms with Crippen molar-refractivity contribution >= 4 is 26.0 Å². The average molecular weight is 528 g/mol. The number of benzene rings is 1. The van der Waals surface area contributed by atoms with Gasteiger partial charge in [0.05, 0.1) is 16.4 Å². The zero-order chi connectivity index (χ0) is 22.6. The molecule has 1 aromatic carbocycles. The fourth-order valence-electron chi connectivity index (χ4n) is 4.85. The van der Waals surface area contributed by atoms with Gasteiger partial charge < -0.3 is 0 Å². The first kappa shape index (κ1) is 21.5. The molecule has 0 bridgehead atoms. The lowest BCUT2D eigenvalue weighted by atomic mass is 9.98. The zero-order valence-electron chi connectivity index (χ0n) is 16.9. The monoisotopic (exact) mass is 527 g/mol. The van der Waals surface area contributed by atoms with Crippen molar-refractivity contribution in [2.75, 3.05) is 19.3 Å². The van der Waals surface area contributed by atoms with Crippen LogP contribution < -0.4 is 5.76 Å². The second-order valence-electron chi connectivity index (χ2n) is 8.41. The molecule has 2 aliphatic rings. The molecule has 1 saturated heterocycles. The molecule has 13 heteroatoms. The zero-order valence-corrected chi connectivity index (χ0v) is 19.3. The molecule has 1 aliphatic carbocycles. The van der Waals surface area contributed by atoms with E-state index in [1.54, 1.807) is 4.31 Å². The topological polar surface area (TPSA) is 124 Å². The Bertz CT molecular complexity index is 1320. The van der Waals surface area contributed by atoms with Crippen LogP contribution in [-0.4, -0.2) is 52.1 Å². The lowest BCUT2D eigenvalue weighted by molar-refractivity contribution is 0.301. The fraction of sp³-hybridized carbons (Fsp3) is 0.474.